The first kappa shape index (κ1) is 21.2. The van der Waals surface area contributed by atoms with Gasteiger partial charge in [0.05, 0.1) is 22.8 Å². The first-order valence-electron chi connectivity index (χ1n) is 8.23. The lowest BCUT2D eigenvalue weighted by Crippen LogP contribution is -2.23. The fourth-order valence-corrected chi connectivity index (χ4v) is 3.50. The van der Waals surface area contributed by atoms with Crippen LogP contribution in [0.15, 0.2) is 53.4 Å². The van der Waals surface area contributed by atoms with E-state index in [1.165, 1.54) is 13.0 Å². The summed E-state index contributed by atoms with van der Waals surface area (Å²) >= 11 is 0. The van der Waals surface area contributed by atoms with E-state index in [0.29, 0.717) is 5.56 Å². The summed E-state index contributed by atoms with van der Waals surface area (Å²) in [4.78, 5) is 35.0. The van der Waals surface area contributed by atoms with Gasteiger partial charge in [-0.05, 0) is 43.3 Å². The zero-order chi connectivity index (χ0) is 20.7. The quantitative estimate of drug-likeness (QED) is 0.409. The summed E-state index contributed by atoms with van der Waals surface area (Å²) in [5.41, 5.74) is 0.600. The molecule has 0 heterocycles. The highest BCUT2D eigenvalue weighted by Crippen LogP contribution is 2.16. The number of sulfone groups is 1. The lowest BCUT2D eigenvalue weighted by Gasteiger charge is -2.09. The van der Waals surface area contributed by atoms with Crippen LogP contribution in [-0.4, -0.2) is 38.4 Å². The van der Waals surface area contributed by atoms with E-state index in [-0.39, 0.29) is 16.4 Å². The number of carbonyl (C=O) groups is 3. The van der Waals surface area contributed by atoms with E-state index < -0.39 is 46.3 Å². The van der Waals surface area contributed by atoms with Crippen molar-refractivity contribution in [2.75, 3.05) is 17.7 Å². The third kappa shape index (κ3) is 5.98. The first-order valence-corrected chi connectivity index (χ1v) is 9.88. The van der Waals surface area contributed by atoms with Crippen molar-refractivity contribution in [3.05, 3.63) is 59.9 Å². The van der Waals surface area contributed by atoms with Crippen LogP contribution in [0.4, 0.5) is 10.1 Å². The number of hydrogen-bond acceptors (Lipinski definition) is 6. The normalized spacial score (nSPS) is 10.9. The molecule has 0 aromatic heterocycles. The van der Waals surface area contributed by atoms with E-state index >= 15 is 0 Å². The van der Waals surface area contributed by atoms with Gasteiger partial charge in [-0.25, -0.2) is 12.8 Å². The third-order valence-corrected chi connectivity index (χ3v) is 5.42. The van der Waals surface area contributed by atoms with Gasteiger partial charge in [-0.2, -0.15) is 0 Å². The minimum Gasteiger partial charge on any atom is -0.456 e. The highest BCUT2D eigenvalue weighted by atomic mass is 32.2. The minimum absolute atomic E-state index is 0.111. The van der Waals surface area contributed by atoms with Crippen molar-refractivity contribution in [3.63, 3.8) is 0 Å². The Morgan fingerprint density at radius 1 is 1.04 bits per heavy atom. The van der Waals surface area contributed by atoms with Gasteiger partial charge in [-0.15, -0.1) is 0 Å². The van der Waals surface area contributed by atoms with Gasteiger partial charge in [0, 0.05) is 5.56 Å². The van der Waals surface area contributed by atoms with Crippen molar-refractivity contribution in [2.24, 2.45) is 0 Å². The average molecular weight is 407 g/mol. The topological polar surface area (TPSA) is 107 Å². The molecule has 0 spiro atoms. The molecule has 0 fully saturated rings. The van der Waals surface area contributed by atoms with Crippen LogP contribution in [0.25, 0.3) is 0 Å². The van der Waals surface area contributed by atoms with Crippen LogP contribution in [0, 0.1) is 5.82 Å². The van der Waals surface area contributed by atoms with E-state index in [2.05, 4.69) is 5.32 Å². The monoisotopic (exact) mass is 407 g/mol. The molecule has 0 aliphatic rings. The maximum absolute atomic E-state index is 12.9. The average Bonchev–Trinajstić information content (AvgIpc) is 2.65. The predicted molar refractivity (Wildman–Crippen MR) is 99.1 cm³/mol. The lowest BCUT2D eigenvalue weighted by molar-refractivity contribution is -0.146. The molecular formula is C19H18FNO6S. The number of Topliss-reactive ketones (excluding diaryl/α,β-unsaturated/α-hetero) is 1. The van der Waals surface area contributed by atoms with Crippen LogP contribution < -0.4 is 5.32 Å². The van der Waals surface area contributed by atoms with Crippen LogP contribution in [0.3, 0.4) is 0 Å². The predicted octanol–water partition coefficient (Wildman–Crippen LogP) is 2.37. The summed E-state index contributed by atoms with van der Waals surface area (Å²) in [6, 6.07) is 10.6. The molecule has 9 heteroatoms. The van der Waals surface area contributed by atoms with Crippen LogP contribution in [-0.2, 0) is 24.2 Å². The molecular weight excluding hydrogens is 389 g/mol. The second-order valence-corrected chi connectivity index (χ2v) is 7.94. The number of ketones is 1. The number of para-hydroxylation sites is 1. The number of anilines is 1. The third-order valence-electron chi connectivity index (χ3n) is 3.69. The number of rotatable bonds is 8. The Labute approximate surface area is 161 Å². The minimum atomic E-state index is -3.78. The molecule has 2 rings (SSSR count). The highest BCUT2D eigenvalue weighted by Gasteiger charge is 2.18. The molecule has 2 aromatic rings. The van der Waals surface area contributed by atoms with Gasteiger partial charge in [0.25, 0.3) is 5.91 Å². The van der Waals surface area contributed by atoms with Crippen LogP contribution in [0.2, 0.25) is 0 Å². The second-order valence-electron chi connectivity index (χ2n) is 5.83. The molecule has 0 aliphatic carbocycles. The summed E-state index contributed by atoms with van der Waals surface area (Å²) in [6.45, 7) is 0.730. The van der Waals surface area contributed by atoms with Gasteiger partial charge in [-0.3, -0.25) is 14.4 Å². The molecule has 148 valence electrons. The van der Waals surface area contributed by atoms with Gasteiger partial charge in [0.15, 0.2) is 22.2 Å². The van der Waals surface area contributed by atoms with Crippen molar-refractivity contribution in [3.8, 4) is 0 Å². The Morgan fingerprint density at radius 2 is 1.68 bits per heavy atom. The summed E-state index contributed by atoms with van der Waals surface area (Å²) < 4.78 is 41.8. The maximum atomic E-state index is 12.9. The largest absolute Gasteiger partial charge is 0.456 e. The fourth-order valence-electron chi connectivity index (χ4n) is 2.28. The Morgan fingerprint density at radius 3 is 2.32 bits per heavy atom. The number of amides is 1. The van der Waals surface area contributed by atoms with Gasteiger partial charge in [-0.1, -0.05) is 12.1 Å². The van der Waals surface area contributed by atoms with E-state index in [1.54, 1.807) is 18.2 Å². The van der Waals surface area contributed by atoms with Crippen molar-refractivity contribution in [2.45, 2.75) is 18.2 Å². The smallest absolute Gasteiger partial charge is 0.307 e. The van der Waals surface area contributed by atoms with Crippen LogP contribution >= 0.6 is 0 Å². The van der Waals surface area contributed by atoms with E-state index in [9.17, 15) is 27.2 Å². The summed E-state index contributed by atoms with van der Waals surface area (Å²) in [5.74, 6) is -2.88. The van der Waals surface area contributed by atoms with Gasteiger partial charge < -0.3 is 10.1 Å². The zero-order valence-electron chi connectivity index (χ0n) is 15.0. The maximum Gasteiger partial charge on any atom is 0.307 e. The number of carbonyl (C=O) groups excluding carboxylic acids is 3. The molecule has 0 bridgehead atoms. The molecule has 0 radical (unpaired) electrons. The Hall–Kier alpha value is -3.07. The molecule has 1 N–H and O–H groups in total. The number of benzene rings is 2. The van der Waals surface area contributed by atoms with E-state index in [4.69, 9.17) is 4.74 Å². The van der Waals surface area contributed by atoms with Crippen molar-refractivity contribution >= 4 is 33.2 Å². The molecule has 0 aliphatic heterocycles. The standard InChI is InChI=1S/C19H18FNO6S/c1-13(22)16-4-2-3-5-17(16)21-18(23)12-27-19(24)10-11-28(25,26)15-8-6-14(20)7-9-15/h2-9H,10-12H2,1H3,(H,21,23). The number of ether oxygens (including phenoxy) is 1. The molecule has 28 heavy (non-hydrogen) atoms. The number of halogens is 1. The second kappa shape index (κ2) is 9.23. The van der Waals surface area contributed by atoms with Gasteiger partial charge in [0.2, 0.25) is 0 Å². The van der Waals surface area contributed by atoms with Crippen molar-refractivity contribution in [1.29, 1.82) is 0 Å². The lowest BCUT2D eigenvalue weighted by atomic mass is 10.1. The Balaban J connectivity index is 1.85. The molecule has 0 atom stereocenters. The summed E-state index contributed by atoms with van der Waals surface area (Å²) in [5, 5.41) is 2.46. The van der Waals surface area contributed by atoms with Crippen molar-refractivity contribution in [1.82, 2.24) is 0 Å². The zero-order valence-corrected chi connectivity index (χ0v) is 15.8. The van der Waals surface area contributed by atoms with Crippen LogP contribution in [0.5, 0.6) is 0 Å². The molecule has 1 amide bonds. The van der Waals surface area contributed by atoms with E-state index in [0.717, 1.165) is 24.3 Å². The first-order chi connectivity index (χ1) is 13.2. The number of nitrogens with one attached hydrogen (secondary N) is 1. The molecule has 7 nitrogen and oxygen atoms in total. The van der Waals surface area contributed by atoms with Gasteiger partial charge >= 0.3 is 5.97 Å². The number of hydrogen-bond donors (Lipinski definition) is 1. The Kier molecular flexibility index (Phi) is 7.00. The molecule has 0 unspecified atom stereocenters. The molecule has 0 saturated heterocycles. The number of esters is 1. The molecule has 2 aromatic carbocycles. The SMILES string of the molecule is CC(=O)c1ccccc1NC(=O)COC(=O)CCS(=O)(=O)c1ccc(F)cc1. The highest BCUT2D eigenvalue weighted by molar-refractivity contribution is 7.91. The van der Waals surface area contributed by atoms with Gasteiger partial charge in [0.1, 0.15) is 5.82 Å². The summed E-state index contributed by atoms with van der Waals surface area (Å²) in [6.07, 6.45) is -0.461. The van der Waals surface area contributed by atoms with E-state index in [1.807, 2.05) is 0 Å². The summed E-state index contributed by atoms with van der Waals surface area (Å²) in [7, 11) is -3.78. The fraction of sp³-hybridized carbons (Fsp3) is 0.211. The Bertz CT molecular complexity index is 986. The molecule has 0 saturated carbocycles. The van der Waals surface area contributed by atoms with Crippen LogP contribution in [0.1, 0.15) is 23.7 Å². The van der Waals surface area contributed by atoms with Crippen molar-refractivity contribution < 1.29 is 31.9 Å².